The molecule has 2 aromatic rings. The molecule has 1 unspecified atom stereocenters. The summed E-state index contributed by atoms with van der Waals surface area (Å²) in [7, 11) is 1.84. The normalized spacial score (nSPS) is 12.6. The van der Waals surface area contributed by atoms with Gasteiger partial charge in [0, 0.05) is 24.9 Å². The Morgan fingerprint density at radius 1 is 1.40 bits per heavy atom. The van der Waals surface area contributed by atoms with Crippen LogP contribution in [0, 0.1) is 6.92 Å². The third-order valence-corrected chi connectivity index (χ3v) is 3.17. The van der Waals surface area contributed by atoms with Crippen LogP contribution >= 0.6 is 0 Å². The van der Waals surface area contributed by atoms with Gasteiger partial charge in [0.1, 0.15) is 0 Å². The lowest BCUT2D eigenvalue weighted by Gasteiger charge is -2.15. The van der Waals surface area contributed by atoms with Crippen molar-refractivity contribution in [1.82, 2.24) is 15.1 Å². The standard InChI is InChI=1S/C16H19N3O/c1-12-6-4-5-7-15(12)13(2)18-16(20)9-8-14-10-17-19(3)11-14/h4-11,13H,1-3H3,(H,18,20). The molecule has 0 bridgehead atoms. The second-order valence-corrected chi connectivity index (χ2v) is 4.87. The van der Waals surface area contributed by atoms with E-state index in [1.54, 1.807) is 17.0 Å². The number of carbonyl (C=O) groups is 1. The Morgan fingerprint density at radius 3 is 2.80 bits per heavy atom. The molecule has 0 aliphatic heterocycles. The van der Waals surface area contributed by atoms with Crippen LogP contribution in [0.5, 0.6) is 0 Å². The van der Waals surface area contributed by atoms with Crippen molar-refractivity contribution in [2.24, 2.45) is 7.05 Å². The van der Waals surface area contributed by atoms with Gasteiger partial charge in [0.2, 0.25) is 5.91 Å². The molecule has 0 aliphatic rings. The molecule has 1 amide bonds. The maximum Gasteiger partial charge on any atom is 0.244 e. The Bertz CT molecular complexity index is 628. The molecule has 1 heterocycles. The Morgan fingerprint density at radius 2 is 2.15 bits per heavy atom. The molecule has 1 atom stereocenters. The average molecular weight is 269 g/mol. The zero-order valence-electron chi connectivity index (χ0n) is 12.0. The number of benzene rings is 1. The molecular formula is C16H19N3O. The van der Waals surface area contributed by atoms with Gasteiger partial charge >= 0.3 is 0 Å². The van der Waals surface area contributed by atoms with Gasteiger partial charge < -0.3 is 5.32 Å². The van der Waals surface area contributed by atoms with Crippen molar-refractivity contribution in [2.45, 2.75) is 19.9 Å². The van der Waals surface area contributed by atoms with Crippen molar-refractivity contribution in [3.05, 3.63) is 59.4 Å². The third kappa shape index (κ3) is 3.57. The molecule has 0 spiro atoms. The Balaban J connectivity index is 1.98. The summed E-state index contributed by atoms with van der Waals surface area (Å²) in [6.45, 7) is 4.03. The van der Waals surface area contributed by atoms with Crippen molar-refractivity contribution in [1.29, 1.82) is 0 Å². The van der Waals surface area contributed by atoms with E-state index in [2.05, 4.69) is 10.4 Å². The van der Waals surface area contributed by atoms with E-state index >= 15 is 0 Å². The highest BCUT2D eigenvalue weighted by atomic mass is 16.1. The number of aromatic nitrogens is 2. The van der Waals surface area contributed by atoms with E-state index in [0.717, 1.165) is 11.1 Å². The predicted molar refractivity (Wildman–Crippen MR) is 80.0 cm³/mol. The lowest BCUT2D eigenvalue weighted by Crippen LogP contribution is -2.25. The molecule has 0 radical (unpaired) electrons. The van der Waals surface area contributed by atoms with E-state index in [1.165, 1.54) is 11.6 Å². The number of nitrogens with zero attached hydrogens (tertiary/aromatic N) is 2. The number of carbonyl (C=O) groups excluding carboxylic acids is 1. The molecular weight excluding hydrogens is 250 g/mol. The second-order valence-electron chi connectivity index (χ2n) is 4.87. The highest BCUT2D eigenvalue weighted by Crippen LogP contribution is 2.16. The lowest BCUT2D eigenvalue weighted by atomic mass is 10.0. The maximum atomic E-state index is 11.9. The first-order valence-corrected chi connectivity index (χ1v) is 6.59. The van der Waals surface area contributed by atoms with Gasteiger partial charge in [-0.15, -0.1) is 0 Å². The van der Waals surface area contributed by atoms with Gasteiger partial charge in [-0.25, -0.2) is 0 Å². The van der Waals surface area contributed by atoms with Gasteiger partial charge in [-0.05, 0) is 31.1 Å². The monoisotopic (exact) mass is 269 g/mol. The van der Waals surface area contributed by atoms with Crippen LogP contribution in [0.2, 0.25) is 0 Å². The first kappa shape index (κ1) is 14.1. The number of rotatable bonds is 4. The van der Waals surface area contributed by atoms with Crippen LogP contribution in [0.4, 0.5) is 0 Å². The molecule has 1 N–H and O–H groups in total. The molecule has 4 nitrogen and oxygen atoms in total. The van der Waals surface area contributed by atoms with Crippen LogP contribution in [0.15, 0.2) is 42.7 Å². The van der Waals surface area contributed by atoms with Crippen molar-refractivity contribution in [3.8, 4) is 0 Å². The maximum absolute atomic E-state index is 11.9. The SMILES string of the molecule is Cc1ccccc1C(C)NC(=O)C=Cc1cnn(C)c1. The zero-order valence-corrected chi connectivity index (χ0v) is 12.0. The topological polar surface area (TPSA) is 46.9 Å². The average Bonchev–Trinajstić information content (AvgIpc) is 2.82. The van der Waals surface area contributed by atoms with Gasteiger partial charge in [-0.1, -0.05) is 24.3 Å². The van der Waals surface area contributed by atoms with Crippen LogP contribution in [0.3, 0.4) is 0 Å². The van der Waals surface area contributed by atoms with E-state index in [9.17, 15) is 4.79 Å². The summed E-state index contributed by atoms with van der Waals surface area (Å²) in [6, 6.07) is 8.04. The molecule has 104 valence electrons. The Hall–Kier alpha value is -2.36. The summed E-state index contributed by atoms with van der Waals surface area (Å²) < 4.78 is 1.70. The molecule has 0 fully saturated rings. The first-order chi connectivity index (χ1) is 9.56. The number of amides is 1. The summed E-state index contributed by atoms with van der Waals surface area (Å²) in [5.74, 6) is -0.107. The van der Waals surface area contributed by atoms with Crippen molar-refractivity contribution in [3.63, 3.8) is 0 Å². The molecule has 1 aromatic carbocycles. The minimum Gasteiger partial charge on any atom is -0.346 e. The summed E-state index contributed by atoms with van der Waals surface area (Å²) in [5.41, 5.74) is 3.22. The quantitative estimate of drug-likeness (QED) is 0.867. The van der Waals surface area contributed by atoms with E-state index in [0.29, 0.717) is 0 Å². The first-order valence-electron chi connectivity index (χ1n) is 6.59. The number of aryl methyl sites for hydroxylation is 2. The third-order valence-electron chi connectivity index (χ3n) is 3.17. The lowest BCUT2D eigenvalue weighted by molar-refractivity contribution is -0.117. The highest BCUT2D eigenvalue weighted by Gasteiger charge is 2.09. The summed E-state index contributed by atoms with van der Waals surface area (Å²) >= 11 is 0. The highest BCUT2D eigenvalue weighted by molar-refractivity contribution is 5.91. The number of hydrogen-bond donors (Lipinski definition) is 1. The smallest absolute Gasteiger partial charge is 0.244 e. The Kier molecular flexibility index (Phi) is 4.35. The van der Waals surface area contributed by atoms with Crippen LogP contribution in [0.1, 0.15) is 29.7 Å². The van der Waals surface area contributed by atoms with Crippen LogP contribution < -0.4 is 5.32 Å². The fourth-order valence-electron chi connectivity index (χ4n) is 2.11. The minimum absolute atomic E-state index is 0.0118. The molecule has 2 rings (SSSR count). The van der Waals surface area contributed by atoms with Crippen molar-refractivity contribution < 1.29 is 4.79 Å². The summed E-state index contributed by atoms with van der Waals surface area (Å²) in [4.78, 5) is 11.9. The number of hydrogen-bond acceptors (Lipinski definition) is 2. The second kappa shape index (κ2) is 6.19. The largest absolute Gasteiger partial charge is 0.346 e. The zero-order chi connectivity index (χ0) is 14.5. The van der Waals surface area contributed by atoms with Crippen LogP contribution in [-0.4, -0.2) is 15.7 Å². The Labute approximate surface area is 119 Å². The van der Waals surface area contributed by atoms with Gasteiger partial charge in [-0.3, -0.25) is 9.48 Å². The molecule has 0 saturated carbocycles. The van der Waals surface area contributed by atoms with E-state index in [-0.39, 0.29) is 11.9 Å². The number of nitrogens with one attached hydrogen (secondary N) is 1. The molecule has 1 aromatic heterocycles. The van der Waals surface area contributed by atoms with Gasteiger partial charge in [0.15, 0.2) is 0 Å². The fourth-order valence-corrected chi connectivity index (χ4v) is 2.11. The van der Waals surface area contributed by atoms with E-state index in [4.69, 9.17) is 0 Å². The van der Waals surface area contributed by atoms with Gasteiger partial charge in [-0.2, -0.15) is 5.10 Å². The molecule has 0 saturated heterocycles. The molecule has 4 heteroatoms. The van der Waals surface area contributed by atoms with Crippen molar-refractivity contribution >= 4 is 12.0 Å². The van der Waals surface area contributed by atoms with Gasteiger partial charge in [0.05, 0.1) is 12.2 Å². The fraction of sp³-hybridized carbons (Fsp3) is 0.250. The molecule has 20 heavy (non-hydrogen) atoms. The van der Waals surface area contributed by atoms with Crippen molar-refractivity contribution in [2.75, 3.05) is 0 Å². The van der Waals surface area contributed by atoms with E-state index in [1.807, 2.05) is 51.4 Å². The minimum atomic E-state index is -0.107. The van der Waals surface area contributed by atoms with Crippen LogP contribution in [-0.2, 0) is 11.8 Å². The van der Waals surface area contributed by atoms with E-state index < -0.39 is 0 Å². The predicted octanol–water partition coefficient (Wildman–Crippen LogP) is 2.62. The molecule has 0 aliphatic carbocycles. The summed E-state index contributed by atoms with van der Waals surface area (Å²) in [6.07, 6.45) is 6.86. The van der Waals surface area contributed by atoms with Crippen LogP contribution in [0.25, 0.3) is 6.08 Å². The summed E-state index contributed by atoms with van der Waals surface area (Å²) in [5, 5.41) is 7.01. The van der Waals surface area contributed by atoms with Gasteiger partial charge in [0.25, 0.3) is 0 Å².